The highest BCUT2D eigenvalue weighted by Gasteiger charge is 2.01. The lowest BCUT2D eigenvalue weighted by atomic mass is 10.3. The third-order valence-electron chi connectivity index (χ3n) is 2.71. The second kappa shape index (κ2) is 7.35. The lowest BCUT2D eigenvalue weighted by Gasteiger charge is -2.07. The minimum Gasteiger partial charge on any atom is -0.493 e. The molecule has 0 atom stereocenters. The van der Waals surface area contributed by atoms with Crippen LogP contribution in [0.15, 0.2) is 47.4 Å². The number of aromatic amines is 1. The molecule has 0 aliphatic carbocycles. The van der Waals surface area contributed by atoms with Gasteiger partial charge in [0.1, 0.15) is 5.75 Å². The highest BCUT2D eigenvalue weighted by atomic mass is 16.5. The number of aromatic nitrogens is 1. The molecule has 20 heavy (non-hydrogen) atoms. The number of hydrogen-bond acceptors (Lipinski definition) is 4. The van der Waals surface area contributed by atoms with Gasteiger partial charge in [-0.3, -0.25) is 4.79 Å². The van der Waals surface area contributed by atoms with Crippen LogP contribution in [0.25, 0.3) is 0 Å². The SMILES string of the molecule is NCc1cc(=O)c(OCCCOc2ccccc2)c[nH]1. The summed E-state index contributed by atoms with van der Waals surface area (Å²) in [6.45, 7) is 1.28. The van der Waals surface area contributed by atoms with E-state index in [4.69, 9.17) is 15.2 Å². The summed E-state index contributed by atoms with van der Waals surface area (Å²) in [4.78, 5) is 14.6. The van der Waals surface area contributed by atoms with Crippen molar-refractivity contribution in [3.63, 3.8) is 0 Å². The van der Waals surface area contributed by atoms with Gasteiger partial charge in [0.2, 0.25) is 5.43 Å². The van der Waals surface area contributed by atoms with E-state index in [0.29, 0.717) is 37.6 Å². The van der Waals surface area contributed by atoms with Gasteiger partial charge in [-0.15, -0.1) is 0 Å². The Kier molecular flexibility index (Phi) is 5.20. The first-order valence-electron chi connectivity index (χ1n) is 6.52. The van der Waals surface area contributed by atoms with Crippen molar-refractivity contribution in [1.29, 1.82) is 0 Å². The molecule has 0 radical (unpaired) electrons. The molecular formula is C15H18N2O3. The molecule has 106 valence electrons. The Labute approximate surface area is 117 Å². The lowest BCUT2D eigenvalue weighted by Crippen LogP contribution is -2.13. The summed E-state index contributed by atoms with van der Waals surface area (Å²) in [5.74, 6) is 1.14. The van der Waals surface area contributed by atoms with Crippen LogP contribution < -0.4 is 20.6 Å². The Morgan fingerprint density at radius 1 is 1.10 bits per heavy atom. The van der Waals surface area contributed by atoms with E-state index in [0.717, 1.165) is 5.75 Å². The van der Waals surface area contributed by atoms with Crippen molar-refractivity contribution in [3.8, 4) is 11.5 Å². The topological polar surface area (TPSA) is 77.3 Å². The normalized spacial score (nSPS) is 10.2. The molecule has 0 amide bonds. The number of H-pyrrole nitrogens is 1. The molecule has 0 fully saturated rings. The molecule has 5 nitrogen and oxygen atoms in total. The Bertz CT molecular complexity index is 581. The molecule has 0 spiro atoms. The second-order valence-electron chi connectivity index (χ2n) is 4.25. The van der Waals surface area contributed by atoms with Crippen LogP contribution >= 0.6 is 0 Å². The van der Waals surface area contributed by atoms with Crippen LogP contribution in [0.3, 0.4) is 0 Å². The van der Waals surface area contributed by atoms with Gasteiger partial charge in [0.15, 0.2) is 5.75 Å². The third-order valence-corrected chi connectivity index (χ3v) is 2.71. The van der Waals surface area contributed by atoms with Crippen LogP contribution in [0.2, 0.25) is 0 Å². The quantitative estimate of drug-likeness (QED) is 0.753. The van der Waals surface area contributed by atoms with Gasteiger partial charge in [-0.1, -0.05) is 18.2 Å². The predicted molar refractivity (Wildman–Crippen MR) is 77.0 cm³/mol. The number of rotatable bonds is 7. The number of nitrogens with one attached hydrogen (secondary N) is 1. The summed E-state index contributed by atoms with van der Waals surface area (Å²) in [6.07, 6.45) is 2.25. The van der Waals surface area contributed by atoms with E-state index in [-0.39, 0.29) is 5.43 Å². The molecule has 0 aliphatic heterocycles. The first-order valence-corrected chi connectivity index (χ1v) is 6.52. The molecule has 0 unspecified atom stereocenters. The first-order chi connectivity index (χ1) is 9.79. The van der Waals surface area contributed by atoms with Crippen molar-refractivity contribution < 1.29 is 9.47 Å². The molecule has 0 saturated heterocycles. The smallest absolute Gasteiger partial charge is 0.223 e. The van der Waals surface area contributed by atoms with Gasteiger partial charge in [0.05, 0.1) is 13.2 Å². The van der Waals surface area contributed by atoms with Crippen molar-refractivity contribution in [3.05, 3.63) is 58.5 Å². The van der Waals surface area contributed by atoms with Gasteiger partial charge in [-0.05, 0) is 12.1 Å². The summed E-state index contributed by atoms with van der Waals surface area (Å²) in [5, 5.41) is 0. The van der Waals surface area contributed by atoms with E-state index in [1.54, 1.807) is 6.20 Å². The van der Waals surface area contributed by atoms with E-state index >= 15 is 0 Å². The van der Waals surface area contributed by atoms with Crippen molar-refractivity contribution in [2.24, 2.45) is 5.73 Å². The molecule has 0 bridgehead atoms. The zero-order valence-corrected chi connectivity index (χ0v) is 11.2. The van der Waals surface area contributed by atoms with Crippen molar-refractivity contribution in [1.82, 2.24) is 4.98 Å². The molecule has 1 aromatic heterocycles. The molecule has 3 N–H and O–H groups in total. The Morgan fingerprint density at radius 3 is 2.55 bits per heavy atom. The van der Waals surface area contributed by atoms with Crippen LogP contribution in [-0.4, -0.2) is 18.2 Å². The maximum Gasteiger partial charge on any atom is 0.223 e. The standard InChI is InChI=1S/C15H18N2O3/c16-10-12-9-14(18)15(11-17-12)20-8-4-7-19-13-5-2-1-3-6-13/h1-3,5-6,9,11H,4,7-8,10,16H2,(H,17,18). The predicted octanol–water partition coefficient (Wildman–Crippen LogP) is 1.68. The highest BCUT2D eigenvalue weighted by Crippen LogP contribution is 2.08. The highest BCUT2D eigenvalue weighted by molar-refractivity contribution is 5.21. The lowest BCUT2D eigenvalue weighted by molar-refractivity contribution is 0.245. The molecule has 0 saturated carbocycles. The van der Waals surface area contributed by atoms with Gasteiger partial charge in [0.25, 0.3) is 0 Å². The Morgan fingerprint density at radius 2 is 1.85 bits per heavy atom. The van der Waals surface area contributed by atoms with Gasteiger partial charge in [-0.25, -0.2) is 0 Å². The number of para-hydroxylation sites is 1. The summed E-state index contributed by atoms with van der Waals surface area (Å²) < 4.78 is 10.9. The van der Waals surface area contributed by atoms with E-state index in [2.05, 4.69) is 4.98 Å². The zero-order valence-electron chi connectivity index (χ0n) is 11.2. The number of benzene rings is 1. The summed E-state index contributed by atoms with van der Waals surface area (Å²) in [6, 6.07) is 11.0. The number of pyridine rings is 1. The Hall–Kier alpha value is -2.27. The van der Waals surface area contributed by atoms with Gasteiger partial charge in [0, 0.05) is 30.9 Å². The fraction of sp³-hybridized carbons (Fsp3) is 0.267. The van der Waals surface area contributed by atoms with Crippen LogP contribution in [0.4, 0.5) is 0 Å². The number of nitrogens with two attached hydrogens (primary N) is 1. The second-order valence-corrected chi connectivity index (χ2v) is 4.25. The van der Waals surface area contributed by atoms with E-state index in [1.807, 2.05) is 30.3 Å². The van der Waals surface area contributed by atoms with Crippen LogP contribution in [0.5, 0.6) is 11.5 Å². The van der Waals surface area contributed by atoms with Crippen LogP contribution in [0.1, 0.15) is 12.1 Å². The van der Waals surface area contributed by atoms with E-state index in [9.17, 15) is 4.79 Å². The first kappa shape index (κ1) is 14.1. The van der Waals surface area contributed by atoms with Crippen LogP contribution in [0, 0.1) is 0 Å². The number of hydrogen-bond donors (Lipinski definition) is 2. The average Bonchev–Trinajstić information content (AvgIpc) is 2.49. The summed E-state index contributed by atoms with van der Waals surface area (Å²) in [5.41, 5.74) is 5.97. The molecule has 2 rings (SSSR count). The van der Waals surface area contributed by atoms with E-state index in [1.165, 1.54) is 6.07 Å². The average molecular weight is 274 g/mol. The minimum atomic E-state index is -0.159. The van der Waals surface area contributed by atoms with Gasteiger partial charge >= 0.3 is 0 Å². The summed E-state index contributed by atoms with van der Waals surface area (Å²) in [7, 11) is 0. The van der Waals surface area contributed by atoms with Gasteiger partial charge < -0.3 is 20.2 Å². The molecule has 1 aromatic carbocycles. The fourth-order valence-electron chi connectivity index (χ4n) is 1.68. The third kappa shape index (κ3) is 4.13. The Balaban J connectivity index is 1.72. The molecule has 1 heterocycles. The van der Waals surface area contributed by atoms with Crippen LogP contribution in [-0.2, 0) is 6.54 Å². The maximum atomic E-state index is 11.7. The van der Waals surface area contributed by atoms with Crippen molar-refractivity contribution in [2.45, 2.75) is 13.0 Å². The fourth-order valence-corrected chi connectivity index (χ4v) is 1.68. The van der Waals surface area contributed by atoms with Gasteiger partial charge in [-0.2, -0.15) is 0 Å². The zero-order chi connectivity index (χ0) is 14.2. The van der Waals surface area contributed by atoms with Crippen molar-refractivity contribution in [2.75, 3.05) is 13.2 Å². The summed E-state index contributed by atoms with van der Waals surface area (Å²) >= 11 is 0. The number of ether oxygens (including phenoxy) is 2. The monoisotopic (exact) mass is 274 g/mol. The molecule has 5 heteroatoms. The molecule has 2 aromatic rings. The minimum absolute atomic E-state index is 0.159. The van der Waals surface area contributed by atoms with E-state index < -0.39 is 0 Å². The molecular weight excluding hydrogens is 256 g/mol. The molecule has 0 aliphatic rings. The van der Waals surface area contributed by atoms with Crippen molar-refractivity contribution >= 4 is 0 Å². The largest absolute Gasteiger partial charge is 0.493 e. The maximum absolute atomic E-state index is 11.7.